The number of carbonyl (C=O) groups excluding carboxylic acids is 1. The van der Waals surface area contributed by atoms with Gasteiger partial charge in [0.1, 0.15) is 12.1 Å². The molecule has 0 radical (unpaired) electrons. The van der Waals surface area contributed by atoms with Crippen LogP contribution in [0.2, 0.25) is 0 Å². The number of carboxylic acids is 3. The first kappa shape index (κ1) is 15.8. The van der Waals surface area contributed by atoms with Crippen LogP contribution in [0.25, 0.3) is 0 Å². The lowest BCUT2D eigenvalue weighted by Gasteiger charge is -2.14. The molecule has 0 saturated heterocycles. The van der Waals surface area contributed by atoms with Crippen molar-refractivity contribution in [3.63, 3.8) is 0 Å². The molecular formula is C9H14N2O7. The summed E-state index contributed by atoms with van der Waals surface area (Å²) >= 11 is 0. The van der Waals surface area contributed by atoms with Crippen molar-refractivity contribution in [2.75, 3.05) is 0 Å². The highest BCUT2D eigenvalue weighted by molar-refractivity contribution is 5.87. The van der Waals surface area contributed by atoms with E-state index < -0.39 is 48.7 Å². The predicted molar refractivity (Wildman–Crippen MR) is 56.7 cm³/mol. The van der Waals surface area contributed by atoms with Crippen LogP contribution in [0.5, 0.6) is 0 Å². The SMILES string of the molecule is NC(CC(=O)NC(CCC(=O)O)C(=O)O)C(=O)O. The van der Waals surface area contributed by atoms with Gasteiger partial charge < -0.3 is 26.4 Å². The van der Waals surface area contributed by atoms with Crippen molar-refractivity contribution >= 4 is 23.8 Å². The number of carboxylic acid groups (broad SMARTS) is 3. The van der Waals surface area contributed by atoms with Gasteiger partial charge in [0.15, 0.2) is 0 Å². The van der Waals surface area contributed by atoms with E-state index in [9.17, 15) is 19.2 Å². The fourth-order valence-electron chi connectivity index (χ4n) is 1.07. The molecule has 18 heavy (non-hydrogen) atoms. The number of nitrogens with two attached hydrogens (primary N) is 1. The van der Waals surface area contributed by atoms with Gasteiger partial charge in [0, 0.05) is 6.42 Å². The molecule has 0 heterocycles. The molecule has 0 aromatic rings. The van der Waals surface area contributed by atoms with Gasteiger partial charge in [-0.15, -0.1) is 0 Å². The maximum Gasteiger partial charge on any atom is 0.326 e. The van der Waals surface area contributed by atoms with Gasteiger partial charge in [-0.25, -0.2) is 4.79 Å². The van der Waals surface area contributed by atoms with Gasteiger partial charge in [0.05, 0.1) is 6.42 Å². The van der Waals surface area contributed by atoms with Crippen LogP contribution >= 0.6 is 0 Å². The summed E-state index contributed by atoms with van der Waals surface area (Å²) in [7, 11) is 0. The number of hydrogen-bond acceptors (Lipinski definition) is 5. The third kappa shape index (κ3) is 6.43. The summed E-state index contributed by atoms with van der Waals surface area (Å²) in [6.07, 6.45) is -1.30. The first-order valence-corrected chi connectivity index (χ1v) is 4.96. The van der Waals surface area contributed by atoms with Crippen molar-refractivity contribution in [3.8, 4) is 0 Å². The highest BCUT2D eigenvalue weighted by Gasteiger charge is 2.23. The van der Waals surface area contributed by atoms with Gasteiger partial charge in [-0.2, -0.15) is 0 Å². The van der Waals surface area contributed by atoms with Gasteiger partial charge in [-0.3, -0.25) is 14.4 Å². The molecule has 0 spiro atoms. The standard InChI is InChI=1S/C9H14N2O7/c10-4(8(15)16)3-6(12)11-5(9(17)18)1-2-7(13)14/h4-5H,1-3,10H2,(H,11,12)(H,13,14)(H,15,16)(H,17,18). The maximum atomic E-state index is 11.3. The second kappa shape index (κ2) is 7.22. The first-order chi connectivity index (χ1) is 8.23. The lowest BCUT2D eigenvalue weighted by atomic mass is 10.1. The quantitative estimate of drug-likeness (QED) is 0.342. The molecule has 1 amide bonds. The minimum absolute atomic E-state index is 0.293. The molecule has 0 rings (SSSR count). The Labute approximate surface area is 102 Å². The number of aliphatic carboxylic acids is 3. The van der Waals surface area contributed by atoms with Crippen LogP contribution in [0, 0.1) is 0 Å². The average Bonchev–Trinajstić information content (AvgIpc) is 2.23. The van der Waals surface area contributed by atoms with Crippen LogP contribution in [-0.4, -0.2) is 51.2 Å². The molecule has 2 unspecified atom stereocenters. The van der Waals surface area contributed by atoms with Crippen molar-refractivity contribution < 1.29 is 34.5 Å². The lowest BCUT2D eigenvalue weighted by Crippen LogP contribution is -2.44. The Hall–Kier alpha value is -2.16. The van der Waals surface area contributed by atoms with Crippen LogP contribution in [0.3, 0.4) is 0 Å². The Kier molecular flexibility index (Phi) is 6.35. The van der Waals surface area contributed by atoms with E-state index in [1.807, 2.05) is 5.32 Å². The predicted octanol–water partition coefficient (Wildman–Crippen LogP) is -1.78. The summed E-state index contributed by atoms with van der Waals surface area (Å²) < 4.78 is 0. The van der Waals surface area contributed by atoms with Gasteiger partial charge in [-0.1, -0.05) is 0 Å². The molecule has 9 nitrogen and oxygen atoms in total. The number of carbonyl (C=O) groups is 4. The van der Waals surface area contributed by atoms with Crippen molar-refractivity contribution in [3.05, 3.63) is 0 Å². The van der Waals surface area contributed by atoms with Crippen molar-refractivity contribution in [2.24, 2.45) is 5.73 Å². The van der Waals surface area contributed by atoms with E-state index in [-0.39, 0.29) is 6.42 Å². The molecule has 6 N–H and O–H groups in total. The first-order valence-electron chi connectivity index (χ1n) is 4.96. The Morgan fingerprint density at radius 2 is 1.61 bits per heavy atom. The van der Waals surface area contributed by atoms with Crippen LogP contribution in [0.1, 0.15) is 19.3 Å². The highest BCUT2D eigenvalue weighted by atomic mass is 16.4. The summed E-state index contributed by atoms with van der Waals surface area (Å²) in [6.45, 7) is 0. The molecule has 0 aromatic heterocycles. The molecule has 0 saturated carbocycles. The summed E-state index contributed by atoms with van der Waals surface area (Å²) in [6, 6.07) is -2.81. The minimum atomic E-state index is -1.43. The van der Waals surface area contributed by atoms with Gasteiger partial charge in [-0.05, 0) is 6.42 Å². The third-order valence-corrected chi connectivity index (χ3v) is 2.00. The van der Waals surface area contributed by atoms with Crippen LogP contribution in [-0.2, 0) is 19.2 Å². The molecule has 0 aromatic carbocycles. The Balaban J connectivity index is 4.32. The number of rotatable bonds is 8. The molecule has 0 fully saturated rings. The Morgan fingerprint density at radius 3 is 2.00 bits per heavy atom. The smallest absolute Gasteiger partial charge is 0.326 e. The zero-order valence-electron chi connectivity index (χ0n) is 9.33. The second-order valence-corrected chi connectivity index (χ2v) is 3.54. The Bertz CT molecular complexity index is 355. The van der Waals surface area contributed by atoms with Crippen molar-refractivity contribution in [1.29, 1.82) is 0 Å². The van der Waals surface area contributed by atoms with E-state index in [4.69, 9.17) is 21.1 Å². The summed E-state index contributed by atoms with van der Waals surface area (Å²) in [5.74, 6) is -4.84. The van der Waals surface area contributed by atoms with Crippen LogP contribution in [0.15, 0.2) is 0 Å². The number of amides is 1. The van der Waals surface area contributed by atoms with E-state index in [2.05, 4.69) is 0 Å². The van der Waals surface area contributed by atoms with Crippen LogP contribution < -0.4 is 11.1 Å². The monoisotopic (exact) mass is 262 g/mol. The fourth-order valence-corrected chi connectivity index (χ4v) is 1.07. The van der Waals surface area contributed by atoms with E-state index in [0.29, 0.717) is 0 Å². The Morgan fingerprint density at radius 1 is 1.06 bits per heavy atom. The molecule has 2 atom stereocenters. The van der Waals surface area contributed by atoms with E-state index in [0.717, 1.165) is 0 Å². The molecule has 0 aliphatic carbocycles. The molecule has 0 aliphatic rings. The molecular weight excluding hydrogens is 248 g/mol. The van der Waals surface area contributed by atoms with Crippen molar-refractivity contribution in [2.45, 2.75) is 31.3 Å². The topological polar surface area (TPSA) is 167 Å². The van der Waals surface area contributed by atoms with Gasteiger partial charge in [0.2, 0.25) is 5.91 Å². The fraction of sp³-hybridized carbons (Fsp3) is 0.556. The second-order valence-electron chi connectivity index (χ2n) is 3.54. The summed E-state index contributed by atoms with van der Waals surface area (Å²) in [5.41, 5.74) is 5.09. The third-order valence-electron chi connectivity index (χ3n) is 2.00. The molecule has 0 bridgehead atoms. The largest absolute Gasteiger partial charge is 0.481 e. The number of nitrogens with one attached hydrogen (secondary N) is 1. The van der Waals surface area contributed by atoms with E-state index in [1.165, 1.54) is 0 Å². The molecule has 102 valence electrons. The van der Waals surface area contributed by atoms with E-state index >= 15 is 0 Å². The maximum absolute atomic E-state index is 11.3. The van der Waals surface area contributed by atoms with E-state index in [1.54, 1.807) is 0 Å². The average molecular weight is 262 g/mol. The highest BCUT2D eigenvalue weighted by Crippen LogP contribution is 1.99. The minimum Gasteiger partial charge on any atom is -0.481 e. The zero-order chi connectivity index (χ0) is 14.3. The summed E-state index contributed by atoms with van der Waals surface area (Å²) in [5, 5.41) is 27.6. The summed E-state index contributed by atoms with van der Waals surface area (Å²) in [4.78, 5) is 42.6. The van der Waals surface area contributed by atoms with Crippen molar-refractivity contribution in [1.82, 2.24) is 5.32 Å². The molecule has 0 aliphatic heterocycles. The zero-order valence-corrected chi connectivity index (χ0v) is 9.33. The number of hydrogen-bond donors (Lipinski definition) is 5. The normalized spacial score (nSPS) is 13.4. The van der Waals surface area contributed by atoms with Crippen LogP contribution in [0.4, 0.5) is 0 Å². The lowest BCUT2D eigenvalue weighted by molar-refractivity contribution is -0.143. The molecule has 9 heteroatoms. The van der Waals surface area contributed by atoms with Gasteiger partial charge in [0.25, 0.3) is 0 Å². The van der Waals surface area contributed by atoms with Gasteiger partial charge >= 0.3 is 17.9 Å².